The van der Waals surface area contributed by atoms with Gasteiger partial charge in [0.15, 0.2) is 5.78 Å². The van der Waals surface area contributed by atoms with Gasteiger partial charge >= 0.3 is 0 Å². The molecule has 1 aromatic heterocycles. The van der Waals surface area contributed by atoms with E-state index in [9.17, 15) is 4.79 Å². The molecule has 3 aromatic rings. The summed E-state index contributed by atoms with van der Waals surface area (Å²) in [7, 11) is 2.05. The van der Waals surface area contributed by atoms with E-state index in [4.69, 9.17) is 0 Å². The first-order valence-corrected chi connectivity index (χ1v) is 10.6. The van der Waals surface area contributed by atoms with E-state index < -0.39 is 0 Å². The monoisotopic (exact) mass is 372 g/mol. The van der Waals surface area contributed by atoms with Crippen LogP contribution in [-0.4, -0.2) is 27.3 Å². The molecular weight excluding hydrogens is 344 g/mol. The predicted molar refractivity (Wildman–Crippen MR) is 113 cm³/mol. The highest BCUT2D eigenvalue weighted by Gasteiger charge is 2.40. The van der Waals surface area contributed by atoms with E-state index in [0.717, 1.165) is 30.3 Å². The number of aryl methyl sites for hydroxylation is 1. The third-order valence-electron chi connectivity index (χ3n) is 6.87. The molecule has 0 N–H and O–H groups in total. The summed E-state index contributed by atoms with van der Waals surface area (Å²) in [6.07, 6.45) is 7.84. The second-order valence-electron chi connectivity index (χ2n) is 8.63. The van der Waals surface area contributed by atoms with Crippen LogP contribution in [0, 0.1) is 5.92 Å². The molecule has 28 heavy (non-hydrogen) atoms. The number of fused-ring (bicyclic) bond motifs is 3. The van der Waals surface area contributed by atoms with Crippen LogP contribution in [0.3, 0.4) is 0 Å². The van der Waals surface area contributed by atoms with Crippen LogP contribution in [0.2, 0.25) is 0 Å². The fraction of sp³-hybridized carbons (Fsp3) is 0.400. The van der Waals surface area contributed by atoms with E-state index in [1.807, 2.05) is 13.1 Å². The second-order valence-corrected chi connectivity index (χ2v) is 8.63. The van der Waals surface area contributed by atoms with Gasteiger partial charge in [-0.3, -0.25) is 9.69 Å². The zero-order valence-electron chi connectivity index (χ0n) is 16.6. The van der Waals surface area contributed by atoms with Crippen molar-refractivity contribution in [3.63, 3.8) is 0 Å². The predicted octanol–water partition coefficient (Wildman–Crippen LogP) is 5.19. The highest BCUT2D eigenvalue weighted by molar-refractivity contribution is 6.01. The van der Waals surface area contributed by atoms with E-state index in [-0.39, 0.29) is 5.92 Å². The first kappa shape index (κ1) is 17.7. The van der Waals surface area contributed by atoms with Crippen LogP contribution in [0.15, 0.2) is 60.8 Å². The van der Waals surface area contributed by atoms with E-state index in [1.54, 1.807) is 0 Å². The molecule has 144 valence electrons. The smallest absolute Gasteiger partial charge is 0.166 e. The Morgan fingerprint density at radius 3 is 2.50 bits per heavy atom. The van der Waals surface area contributed by atoms with Crippen LogP contribution in [-0.2, 0) is 13.6 Å². The van der Waals surface area contributed by atoms with Gasteiger partial charge in [-0.1, -0.05) is 36.8 Å². The lowest BCUT2D eigenvalue weighted by Gasteiger charge is -2.48. The van der Waals surface area contributed by atoms with Gasteiger partial charge in [0.2, 0.25) is 0 Å². The fourth-order valence-electron chi connectivity index (χ4n) is 5.42. The lowest BCUT2D eigenvalue weighted by molar-refractivity contribution is 0.00907. The van der Waals surface area contributed by atoms with Crippen molar-refractivity contribution in [2.75, 3.05) is 0 Å². The Labute approximate surface area is 167 Å². The SMILES string of the molecule is Cn1ccc2cc(C(=O)C3CC4CCCC(C3)N4Cc3ccccc3)ccc21. The number of hydrogen-bond acceptors (Lipinski definition) is 2. The van der Waals surface area contributed by atoms with Crippen molar-refractivity contribution in [1.82, 2.24) is 9.47 Å². The second kappa shape index (κ2) is 7.21. The largest absolute Gasteiger partial charge is 0.351 e. The molecule has 0 spiro atoms. The van der Waals surface area contributed by atoms with Gasteiger partial charge in [-0.25, -0.2) is 0 Å². The molecule has 2 bridgehead atoms. The maximum Gasteiger partial charge on any atom is 0.166 e. The summed E-state index contributed by atoms with van der Waals surface area (Å²) < 4.78 is 2.11. The molecule has 0 amide bonds. The minimum atomic E-state index is 0.170. The number of Topliss-reactive ketones (excluding diaryl/α,β-unsaturated/α-hetero) is 1. The minimum Gasteiger partial charge on any atom is -0.351 e. The Morgan fingerprint density at radius 1 is 1.00 bits per heavy atom. The van der Waals surface area contributed by atoms with E-state index in [1.165, 1.54) is 30.3 Å². The van der Waals surface area contributed by atoms with Crippen LogP contribution in [0.5, 0.6) is 0 Å². The lowest BCUT2D eigenvalue weighted by Crippen LogP contribution is -2.52. The number of benzene rings is 2. The van der Waals surface area contributed by atoms with Gasteiger partial charge in [0, 0.05) is 54.3 Å². The third kappa shape index (κ3) is 3.18. The molecule has 2 fully saturated rings. The summed E-state index contributed by atoms with van der Waals surface area (Å²) in [5.41, 5.74) is 3.46. The van der Waals surface area contributed by atoms with E-state index >= 15 is 0 Å². The Morgan fingerprint density at radius 2 is 1.75 bits per heavy atom. The Bertz CT molecular complexity index is 976. The Kier molecular flexibility index (Phi) is 4.56. The van der Waals surface area contributed by atoms with Crippen molar-refractivity contribution >= 4 is 16.7 Å². The van der Waals surface area contributed by atoms with Crippen molar-refractivity contribution in [2.24, 2.45) is 13.0 Å². The number of nitrogens with zero attached hydrogens (tertiary/aromatic N) is 2. The summed E-state index contributed by atoms with van der Waals surface area (Å²) in [6, 6.07) is 20.2. The highest BCUT2D eigenvalue weighted by atomic mass is 16.1. The summed E-state index contributed by atoms with van der Waals surface area (Å²) in [5.74, 6) is 0.519. The standard InChI is InChI=1S/C25H28N2O/c1-26-13-12-19-14-20(10-11-24(19)26)25(28)21-15-22-8-5-9-23(16-21)27(22)17-18-6-3-2-4-7-18/h2-4,6-7,10-14,21-23H,5,8-9,15-17H2,1H3. The van der Waals surface area contributed by atoms with Gasteiger partial charge in [0.05, 0.1) is 0 Å². The van der Waals surface area contributed by atoms with Crippen molar-refractivity contribution in [1.29, 1.82) is 0 Å². The molecule has 2 aromatic carbocycles. The zero-order valence-corrected chi connectivity index (χ0v) is 16.6. The molecule has 5 rings (SSSR count). The zero-order chi connectivity index (χ0) is 19.1. The maximum absolute atomic E-state index is 13.3. The van der Waals surface area contributed by atoms with Crippen molar-refractivity contribution in [3.05, 3.63) is 71.9 Å². The normalized spacial score (nSPS) is 25.1. The summed E-state index contributed by atoms with van der Waals surface area (Å²) in [5, 5.41) is 1.16. The molecule has 3 heteroatoms. The molecule has 0 radical (unpaired) electrons. The minimum absolute atomic E-state index is 0.170. The molecule has 0 aliphatic carbocycles. The van der Waals surface area contributed by atoms with Crippen molar-refractivity contribution in [2.45, 2.75) is 50.7 Å². The van der Waals surface area contributed by atoms with Gasteiger partial charge < -0.3 is 4.57 Å². The average Bonchev–Trinajstić information content (AvgIpc) is 3.08. The molecule has 2 saturated heterocycles. The fourth-order valence-corrected chi connectivity index (χ4v) is 5.42. The van der Waals surface area contributed by atoms with Gasteiger partial charge in [0.25, 0.3) is 0 Å². The average molecular weight is 373 g/mol. The van der Waals surface area contributed by atoms with E-state index in [2.05, 4.69) is 64.2 Å². The molecule has 2 unspecified atom stereocenters. The molecule has 2 atom stereocenters. The quantitative estimate of drug-likeness (QED) is 0.589. The van der Waals surface area contributed by atoms with Crippen LogP contribution >= 0.6 is 0 Å². The number of carbonyl (C=O) groups excluding carboxylic acids is 1. The lowest BCUT2D eigenvalue weighted by atomic mass is 9.75. The van der Waals surface area contributed by atoms with Crippen molar-refractivity contribution in [3.8, 4) is 0 Å². The number of rotatable bonds is 4. The number of hydrogen-bond donors (Lipinski definition) is 0. The Hall–Kier alpha value is -2.39. The third-order valence-corrected chi connectivity index (χ3v) is 6.87. The molecule has 0 saturated carbocycles. The van der Waals surface area contributed by atoms with Crippen molar-refractivity contribution < 1.29 is 4.79 Å². The van der Waals surface area contributed by atoms with E-state index in [0.29, 0.717) is 17.9 Å². The molecule has 2 aliphatic rings. The Balaban J connectivity index is 1.35. The van der Waals surface area contributed by atoms with Gasteiger partial charge in [-0.05, 0) is 55.5 Å². The number of ketones is 1. The first-order valence-electron chi connectivity index (χ1n) is 10.6. The van der Waals surface area contributed by atoms with Crippen LogP contribution < -0.4 is 0 Å². The van der Waals surface area contributed by atoms with Crippen LogP contribution in [0.4, 0.5) is 0 Å². The first-order chi connectivity index (χ1) is 13.7. The molecule has 3 heterocycles. The summed E-state index contributed by atoms with van der Waals surface area (Å²) in [6.45, 7) is 1.02. The summed E-state index contributed by atoms with van der Waals surface area (Å²) >= 11 is 0. The van der Waals surface area contributed by atoms with Gasteiger partial charge in [-0.2, -0.15) is 0 Å². The molecule has 2 aliphatic heterocycles. The number of piperidine rings is 2. The number of carbonyl (C=O) groups is 1. The maximum atomic E-state index is 13.3. The van der Waals surface area contributed by atoms with Crippen LogP contribution in [0.1, 0.15) is 48.0 Å². The summed E-state index contributed by atoms with van der Waals surface area (Å²) in [4.78, 5) is 16.0. The molecule has 3 nitrogen and oxygen atoms in total. The van der Waals surface area contributed by atoms with Gasteiger partial charge in [-0.15, -0.1) is 0 Å². The van der Waals surface area contributed by atoms with Crippen LogP contribution in [0.25, 0.3) is 10.9 Å². The topological polar surface area (TPSA) is 25.2 Å². The highest BCUT2D eigenvalue weighted by Crippen LogP contribution is 2.39. The number of aromatic nitrogens is 1. The van der Waals surface area contributed by atoms with Gasteiger partial charge in [0.1, 0.15) is 0 Å². The molecular formula is C25H28N2O.